The summed E-state index contributed by atoms with van der Waals surface area (Å²) in [5.74, 6) is 0.890. The van der Waals surface area contributed by atoms with Crippen LogP contribution in [0.2, 0.25) is 5.02 Å². The third kappa shape index (κ3) is 5.68. The second-order valence-corrected chi connectivity index (χ2v) is 10.5. The van der Waals surface area contributed by atoms with Gasteiger partial charge in [0.25, 0.3) is 0 Å². The number of aliphatic hydroxyl groups excluding tert-OH is 1. The van der Waals surface area contributed by atoms with Crippen molar-refractivity contribution in [3.8, 4) is 5.75 Å². The first kappa shape index (κ1) is 20.6. The minimum Gasteiger partial charge on any atom is -0.489 e. The Hall–Kier alpha value is -1.12. The molecule has 1 aromatic carbocycles. The molecule has 0 radical (unpaired) electrons. The van der Waals surface area contributed by atoms with Crippen LogP contribution in [-0.2, 0) is 16.4 Å². The lowest BCUT2D eigenvalue weighted by atomic mass is 10.1. The summed E-state index contributed by atoms with van der Waals surface area (Å²) in [5, 5.41) is 13.0. The quantitative estimate of drug-likeness (QED) is 0.698. The van der Waals surface area contributed by atoms with Crippen LogP contribution in [-0.4, -0.2) is 55.2 Å². The molecule has 0 saturated carbocycles. The summed E-state index contributed by atoms with van der Waals surface area (Å²) < 4.78 is 29.5. The van der Waals surface area contributed by atoms with E-state index in [2.05, 4.69) is 11.0 Å². The first-order chi connectivity index (χ1) is 12.8. The van der Waals surface area contributed by atoms with E-state index in [1.807, 2.05) is 24.4 Å². The van der Waals surface area contributed by atoms with Crippen LogP contribution in [0.4, 0.5) is 0 Å². The fraction of sp³-hybridized carbons (Fsp3) is 0.474. The molecular formula is C19H24ClNO4S2. The fourth-order valence-corrected chi connectivity index (χ4v) is 6.11. The van der Waals surface area contributed by atoms with Gasteiger partial charge in [-0.1, -0.05) is 23.7 Å². The Balaban J connectivity index is 1.65. The largest absolute Gasteiger partial charge is 0.489 e. The number of ether oxygens (including phenoxy) is 1. The number of aliphatic hydroxyl groups is 1. The van der Waals surface area contributed by atoms with Gasteiger partial charge in [-0.05, 0) is 42.5 Å². The van der Waals surface area contributed by atoms with Gasteiger partial charge < -0.3 is 9.84 Å². The van der Waals surface area contributed by atoms with Crippen molar-refractivity contribution in [2.45, 2.75) is 32.0 Å². The third-order valence-corrected chi connectivity index (χ3v) is 7.82. The number of para-hydroxylation sites is 1. The SMILES string of the molecule is Cc1ccsc1CN(CC(O)COc1ccccc1Cl)C1CCS(=O)(=O)C1. The molecule has 2 unspecified atom stereocenters. The zero-order chi connectivity index (χ0) is 19.4. The van der Waals surface area contributed by atoms with E-state index in [0.29, 0.717) is 30.3 Å². The summed E-state index contributed by atoms with van der Waals surface area (Å²) in [5.41, 5.74) is 1.19. The maximum absolute atomic E-state index is 11.9. The summed E-state index contributed by atoms with van der Waals surface area (Å²) in [7, 11) is -2.99. The van der Waals surface area contributed by atoms with Crippen LogP contribution in [0.5, 0.6) is 5.75 Å². The molecule has 1 aromatic heterocycles. The molecule has 2 heterocycles. The molecular weight excluding hydrogens is 406 g/mol. The number of rotatable bonds is 8. The highest BCUT2D eigenvalue weighted by Gasteiger charge is 2.33. The Morgan fingerprint density at radius 1 is 1.37 bits per heavy atom. The van der Waals surface area contributed by atoms with Crippen LogP contribution in [0.15, 0.2) is 35.7 Å². The smallest absolute Gasteiger partial charge is 0.151 e. The minimum absolute atomic E-state index is 0.0773. The molecule has 2 aromatic rings. The second-order valence-electron chi connectivity index (χ2n) is 6.91. The van der Waals surface area contributed by atoms with Gasteiger partial charge in [0, 0.05) is 24.0 Å². The number of thiophene rings is 1. The van der Waals surface area contributed by atoms with E-state index in [-0.39, 0.29) is 24.2 Å². The van der Waals surface area contributed by atoms with Gasteiger partial charge in [0.2, 0.25) is 0 Å². The number of halogens is 1. The number of aryl methyl sites for hydroxylation is 1. The predicted molar refractivity (Wildman–Crippen MR) is 109 cm³/mol. The fourth-order valence-electron chi connectivity index (χ4n) is 3.23. The molecule has 3 rings (SSSR count). The molecule has 1 N–H and O–H groups in total. The Bertz CT molecular complexity index is 868. The van der Waals surface area contributed by atoms with Gasteiger partial charge in [-0.3, -0.25) is 4.90 Å². The van der Waals surface area contributed by atoms with Crippen molar-refractivity contribution in [2.24, 2.45) is 0 Å². The van der Waals surface area contributed by atoms with Crippen molar-refractivity contribution in [1.29, 1.82) is 0 Å². The molecule has 148 valence electrons. The van der Waals surface area contributed by atoms with Gasteiger partial charge >= 0.3 is 0 Å². The van der Waals surface area contributed by atoms with E-state index in [0.717, 1.165) is 0 Å². The Labute approximate surface area is 169 Å². The monoisotopic (exact) mass is 429 g/mol. The van der Waals surface area contributed by atoms with Crippen LogP contribution in [0.1, 0.15) is 16.9 Å². The van der Waals surface area contributed by atoms with E-state index < -0.39 is 15.9 Å². The van der Waals surface area contributed by atoms with Crippen LogP contribution in [0.25, 0.3) is 0 Å². The van der Waals surface area contributed by atoms with E-state index in [9.17, 15) is 13.5 Å². The average molecular weight is 430 g/mol. The number of hydrogen-bond acceptors (Lipinski definition) is 6. The number of benzene rings is 1. The molecule has 8 heteroatoms. The lowest BCUT2D eigenvalue weighted by Gasteiger charge is -2.30. The molecule has 5 nitrogen and oxygen atoms in total. The van der Waals surface area contributed by atoms with Crippen molar-refractivity contribution in [1.82, 2.24) is 4.90 Å². The molecule has 2 atom stereocenters. The van der Waals surface area contributed by atoms with Gasteiger partial charge in [0.05, 0.1) is 16.5 Å². The molecule has 1 aliphatic heterocycles. The predicted octanol–water partition coefficient (Wildman–Crippen LogP) is 3.14. The highest BCUT2D eigenvalue weighted by molar-refractivity contribution is 7.91. The van der Waals surface area contributed by atoms with Gasteiger partial charge in [-0.15, -0.1) is 11.3 Å². The first-order valence-electron chi connectivity index (χ1n) is 8.87. The summed E-state index contributed by atoms with van der Waals surface area (Å²) >= 11 is 7.73. The minimum atomic E-state index is -2.99. The normalized spacial score (nSPS) is 20.1. The standard InChI is InChI=1S/C19H24ClNO4S2/c1-14-6-8-26-19(14)11-21(15-7-9-27(23,24)13-15)10-16(22)12-25-18-5-3-2-4-17(18)20/h2-6,8,15-16,22H,7,9-13H2,1H3. The summed E-state index contributed by atoms with van der Waals surface area (Å²) in [4.78, 5) is 3.27. The molecule has 0 aliphatic carbocycles. The Morgan fingerprint density at radius 3 is 2.78 bits per heavy atom. The lowest BCUT2D eigenvalue weighted by molar-refractivity contribution is 0.0528. The van der Waals surface area contributed by atoms with Crippen LogP contribution >= 0.6 is 22.9 Å². The van der Waals surface area contributed by atoms with Crippen LogP contribution < -0.4 is 4.74 Å². The van der Waals surface area contributed by atoms with E-state index in [1.54, 1.807) is 23.5 Å². The molecule has 0 amide bonds. The number of nitrogens with zero attached hydrogens (tertiary/aromatic N) is 1. The second kappa shape index (κ2) is 8.92. The van der Waals surface area contributed by atoms with Crippen molar-refractivity contribution in [3.63, 3.8) is 0 Å². The van der Waals surface area contributed by atoms with Crippen LogP contribution in [0, 0.1) is 6.92 Å². The lowest BCUT2D eigenvalue weighted by Crippen LogP contribution is -2.42. The average Bonchev–Trinajstić information content (AvgIpc) is 3.18. The molecule has 0 bridgehead atoms. The van der Waals surface area contributed by atoms with E-state index in [4.69, 9.17) is 16.3 Å². The highest BCUT2D eigenvalue weighted by atomic mass is 35.5. The van der Waals surface area contributed by atoms with Crippen LogP contribution in [0.3, 0.4) is 0 Å². The van der Waals surface area contributed by atoms with Gasteiger partial charge in [0.1, 0.15) is 18.5 Å². The molecule has 1 saturated heterocycles. The molecule has 27 heavy (non-hydrogen) atoms. The molecule has 1 aliphatic rings. The van der Waals surface area contributed by atoms with Crippen molar-refractivity contribution in [3.05, 3.63) is 51.2 Å². The third-order valence-electron chi connectivity index (χ3n) is 4.75. The summed E-state index contributed by atoms with van der Waals surface area (Å²) in [6.07, 6.45) is -0.143. The zero-order valence-electron chi connectivity index (χ0n) is 15.2. The summed E-state index contributed by atoms with van der Waals surface area (Å²) in [6, 6.07) is 9.11. The Morgan fingerprint density at radius 2 is 2.15 bits per heavy atom. The number of hydrogen-bond donors (Lipinski definition) is 1. The van der Waals surface area contributed by atoms with E-state index >= 15 is 0 Å². The highest BCUT2D eigenvalue weighted by Crippen LogP contribution is 2.25. The van der Waals surface area contributed by atoms with Crippen molar-refractivity contribution >= 4 is 32.8 Å². The van der Waals surface area contributed by atoms with Crippen molar-refractivity contribution < 1.29 is 18.3 Å². The topological polar surface area (TPSA) is 66.8 Å². The summed E-state index contributed by atoms with van der Waals surface area (Å²) in [6.45, 7) is 3.13. The number of sulfone groups is 1. The molecule has 0 spiro atoms. The maximum atomic E-state index is 11.9. The maximum Gasteiger partial charge on any atom is 0.151 e. The zero-order valence-corrected chi connectivity index (χ0v) is 17.6. The van der Waals surface area contributed by atoms with E-state index in [1.165, 1.54) is 10.4 Å². The van der Waals surface area contributed by atoms with Gasteiger partial charge in [0.15, 0.2) is 9.84 Å². The van der Waals surface area contributed by atoms with Gasteiger partial charge in [-0.25, -0.2) is 8.42 Å². The molecule has 1 fully saturated rings. The van der Waals surface area contributed by atoms with Crippen molar-refractivity contribution in [2.75, 3.05) is 24.7 Å². The van der Waals surface area contributed by atoms with Gasteiger partial charge in [-0.2, -0.15) is 0 Å². The Kier molecular flexibility index (Phi) is 6.81. The first-order valence-corrected chi connectivity index (χ1v) is 11.9.